The van der Waals surface area contributed by atoms with Crippen LogP contribution in [-0.4, -0.2) is 43.6 Å². The Hall–Kier alpha value is -3.65. The Kier molecular flexibility index (Phi) is 6.23. The number of carbonyl (C=O) groups is 1. The van der Waals surface area contributed by atoms with Gasteiger partial charge in [0, 0.05) is 23.1 Å². The molecule has 4 rings (SSSR count). The van der Waals surface area contributed by atoms with Gasteiger partial charge in [0.25, 0.3) is 5.91 Å². The quantitative estimate of drug-likeness (QED) is 0.514. The highest BCUT2D eigenvalue weighted by molar-refractivity contribution is 7.07. The van der Waals surface area contributed by atoms with Crippen molar-refractivity contribution in [1.82, 2.24) is 4.68 Å². The lowest BCUT2D eigenvalue weighted by molar-refractivity contribution is -0.112. The maximum absolute atomic E-state index is 13.2. The van der Waals surface area contributed by atoms with Crippen molar-refractivity contribution in [1.29, 1.82) is 0 Å². The van der Waals surface area contributed by atoms with Gasteiger partial charge in [0.1, 0.15) is 11.5 Å². The summed E-state index contributed by atoms with van der Waals surface area (Å²) in [6, 6.07) is 13.3. The van der Waals surface area contributed by atoms with Crippen molar-refractivity contribution in [2.24, 2.45) is 10.1 Å². The molecule has 1 aliphatic rings. The molecule has 0 saturated carbocycles. The molecule has 0 saturated heterocycles. The second kappa shape index (κ2) is 9.23. The summed E-state index contributed by atoms with van der Waals surface area (Å²) in [5, 5.41) is 6.78. The van der Waals surface area contributed by atoms with Gasteiger partial charge in [0.05, 0.1) is 32.1 Å². The van der Waals surface area contributed by atoms with Crippen molar-refractivity contribution in [2.75, 3.05) is 32.2 Å². The Balaban J connectivity index is 1.97. The van der Waals surface area contributed by atoms with Crippen molar-refractivity contribution < 1.29 is 14.3 Å². The molecule has 1 amide bonds. The number of amides is 1. The van der Waals surface area contributed by atoms with Gasteiger partial charge in [-0.1, -0.05) is 24.3 Å². The number of rotatable bonds is 7. The topological polar surface area (TPSA) is 68.4 Å². The second-order valence-electron chi connectivity index (χ2n) is 6.93. The van der Waals surface area contributed by atoms with Crippen molar-refractivity contribution >= 4 is 28.6 Å². The monoisotopic (exact) mass is 448 g/mol. The number of nitrogens with zero attached hydrogens (tertiary/aromatic N) is 4. The molecule has 0 radical (unpaired) electrons. The molecular weight excluding hydrogens is 424 g/mol. The minimum atomic E-state index is -0.134. The Morgan fingerprint density at radius 3 is 2.66 bits per heavy atom. The van der Waals surface area contributed by atoms with Crippen LogP contribution in [0.25, 0.3) is 11.3 Å². The fourth-order valence-electron chi connectivity index (χ4n) is 3.62. The number of ether oxygens (including phenoxy) is 2. The molecule has 0 unspecified atom stereocenters. The van der Waals surface area contributed by atoms with Crippen LogP contribution >= 0.6 is 11.3 Å². The van der Waals surface area contributed by atoms with Crippen LogP contribution in [0.2, 0.25) is 0 Å². The van der Waals surface area contributed by atoms with Crippen LogP contribution in [0.4, 0.5) is 5.69 Å². The summed E-state index contributed by atoms with van der Waals surface area (Å²) < 4.78 is 12.7. The van der Waals surface area contributed by atoms with E-state index < -0.39 is 0 Å². The van der Waals surface area contributed by atoms with Crippen molar-refractivity contribution in [3.8, 4) is 22.8 Å². The Morgan fingerprint density at radius 2 is 1.94 bits per heavy atom. The summed E-state index contributed by atoms with van der Waals surface area (Å²) in [5.41, 5.74) is 3.58. The number of likely N-dealkylation sites (N-methyl/N-ethyl adjacent to an activating group) is 1. The van der Waals surface area contributed by atoms with E-state index in [0.717, 1.165) is 22.5 Å². The molecule has 0 aliphatic carbocycles. The van der Waals surface area contributed by atoms with Crippen LogP contribution in [0.15, 0.2) is 70.6 Å². The minimum absolute atomic E-state index is 0.134. The van der Waals surface area contributed by atoms with Gasteiger partial charge in [0.15, 0.2) is 5.71 Å². The number of fused-ring (bicyclic) bond motifs is 1. The van der Waals surface area contributed by atoms with Crippen LogP contribution in [0.5, 0.6) is 11.5 Å². The van der Waals surface area contributed by atoms with E-state index in [1.165, 1.54) is 11.3 Å². The van der Waals surface area contributed by atoms with E-state index in [1.807, 2.05) is 54.8 Å². The number of thiazole rings is 1. The zero-order chi connectivity index (χ0) is 22.7. The summed E-state index contributed by atoms with van der Waals surface area (Å²) in [6.45, 7) is 6.71. The number of para-hydroxylation sites is 1. The Labute approximate surface area is 190 Å². The lowest BCUT2D eigenvalue weighted by Crippen LogP contribution is -2.30. The first kappa shape index (κ1) is 21.6. The number of hydrogen-bond acceptors (Lipinski definition) is 6. The lowest BCUT2D eigenvalue weighted by atomic mass is 10.1. The van der Waals surface area contributed by atoms with Gasteiger partial charge >= 0.3 is 0 Å². The van der Waals surface area contributed by atoms with Gasteiger partial charge in [-0.3, -0.25) is 9.79 Å². The van der Waals surface area contributed by atoms with E-state index in [9.17, 15) is 4.79 Å². The molecule has 0 spiro atoms. The molecule has 3 aromatic rings. The first-order chi connectivity index (χ1) is 15.6. The third-order valence-corrected chi connectivity index (χ3v) is 5.99. The van der Waals surface area contributed by atoms with Gasteiger partial charge in [-0.15, -0.1) is 17.9 Å². The van der Waals surface area contributed by atoms with Crippen molar-refractivity contribution in [3.05, 3.63) is 70.9 Å². The van der Waals surface area contributed by atoms with E-state index in [-0.39, 0.29) is 5.91 Å². The Bertz CT molecular complexity index is 1270. The van der Waals surface area contributed by atoms with Crippen LogP contribution in [0.1, 0.15) is 12.5 Å². The molecule has 32 heavy (non-hydrogen) atoms. The SMILES string of the molecule is C=CCN=c1scc(-c2cc(OC)ccc2OC)n1N=C1C(=O)N(CC)c2ccccc21. The van der Waals surface area contributed by atoms with E-state index in [4.69, 9.17) is 14.6 Å². The van der Waals surface area contributed by atoms with Crippen LogP contribution in [-0.2, 0) is 4.79 Å². The molecule has 0 fully saturated rings. The van der Waals surface area contributed by atoms with Gasteiger partial charge in [-0.2, -0.15) is 5.10 Å². The van der Waals surface area contributed by atoms with Crippen LogP contribution < -0.4 is 19.2 Å². The number of benzene rings is 2. The van der Waals surface area contributed by atoms with E-state index in [2.05, 4.69) is 11.6 Å². The number of anilines is 1. The fraction of sp³-hybridized carbons (Fsp3) is 0.208. The molecule has 0 N–H and O–H groups in total. The molecule has 0 bridgehead atoms. The smallest absolute Gasteiger partial charge is 0.279 e. The summed E-state index contributed by atoms with van der Waals surface area (Å²) in [5.74, 6) is 1.22. The second-order valence-corrected chi connectivity index (χ2v) is 7.76. The molecular formula is C24H24N4O3S. The average molecular weight is 449 g/mol. The molecule has 1 aromatic heterocycles. The first-order valence-electron chi connectivity index (χ1n) is 10.2. The molecule has 2 aromatic carbocycles. The number of carbonyl (C=O) groups excluding carboxylic acids is 1. The van der Waals surface area contributed by atoms with E-state index >= 15 is 0 Å². The molecule has 164 valence electrons. The third-order valence-electron chi connectivity index (χ3n) is 5.14. The number of aromatic nitrogens is 1. The number of hydrogen-bond donors (Lipinski definition) is 0. The summed E-state index contributed by atoms with van der Waals surface area (Å²) in [7, 11) is 3.23. The summed E-state index contributed by atoms with van der Waals surface area (Å²) >= 11 is 1.44. The van der Waals surface area contributed by atoms with E-state index in [1.54, 1.807) is 29.9 Å². The highest BCUT2D eigenvalue weighted by Gasteiger charge is 2.33. The van der Waals surface area contributed by atoms with Gasteiger partial charge in [-0.05, 0) is 31.2 Å². The zero-order valence-electron chi connectivity index (χ0n) is 18.2. The first-order valence-corrected chi connectivity index (χ1v) is 11.1. The maximum Gasteiger partial charge on any atom is 0.279 e. The highest BCUT2D eigenvalue weighted by Crippen LogP contribution is 2.34. The minimum Gasteiger partial charge on any atom is -0.497 e. The average Bonchev–Trinajstić information content (AvgIpc) is 3.35. The lowest BCUT2D eigenvalue weighted by Gasteiger charge is -2.13. The molecule has 8 heteroatoms. The summed E-state index contributed by atoms with van der Waals surface area (Å²) in [6.07, 6.45) is 1.72. The van der Waals surface area contributed by atoms with Gasteiger partial charge in [0.2, 0.25) is 4.80 Å². The van der Waals surface area contributed by atoms with E-state index in [0.29, 0.717) is 35.1 Å². The van der Waals surface area contributed by atoms with Crippen molar-refractivity contribution in [3.63, 3.8) is 0 Å². The molecule has 0 atom stereocenters. The fourth-order valence-corrected chi connectivity index (χ4v) is 4.45. The molecule has 2 heterocycles. The predicted molar refractivity (Wildman–Crippen MR) is 128 cm³/mol. The molecule has 7 nitrogen and oxygen atoms in total. The zero-order valence-corrected chi connectivity index (χ0v) is 19.1. The number of methoxy groups -OCH3 is 2. The third kappa shape index (κ3) is 3.73. The Morgan fingerprint density at radius 1 is 1.12 bits per heavy atom. The van der Waals surface area contributed by atoms with Gasteiger partial charge < -0.3 is 14.4 Å². The normalized spacial score (nSPS) is 14.7. The molecule has 1 aliphatic heterocycles. The van der Waals surface area contributed by atoms with Gasteiger partial charge in [-0.25, -0.2) is 4.68 Å². The van der Waals surface area contributed by atoms with Crippen molar-refractivity contribution in [2.45, 2.75) is 6.92 Å². The van der Waals surface area contributed by atoms with Crippen LogP contribution in [0, 0.1) is 0 Å². The summed E-state index contributed by atoms with van der Waals surface area (Å²) in [4.78, 5) is 20.2. The maximum atomic E-state index is 13.2. The largest absolute Gasteiger partial charge is 0.497 e. The highest BCUT2D eigenvalue weighted by atomic mass is 32.1. The standard InChI is InChI=1S/C24H24N4O3S/c1-5-13-25-24-28(20(15-32-24)18-14-16(30-3)11-12-21(18)31-4)26-22-17-9-7-8-10-19(17)27(6-2)23(22)29/h5,7-12,14-15H,1,6,13H2,2-4H3. The van der Waals surface area contributed by atoms with Crippen LogP contribution in [0.3, 0.4) is 0 Å². The predicted octanol–water partition coefficient (Wildman–Crippen LogP) is 3.94.